The summed E-state index contributed by atoms with van der Waals surface area (Å²) in [6, 6.07) is 30.0. The molecule has 0 N–H and O–H groups in total. The first-order valence-corrected chi connectivity index (χ1v) is 27.2. The van der Waals surface area contributed by atoms with Gasteiger partial charge in [-0.2, -0.15) is 0 Å². The second-order valence-electron chi connectivity index (χ2n) is 17.9. The minimum Gasteiger partial charge on any atom is -0.0654 e. The molecule has 0 atom stereocenters. The molecule has 2 aliphatic carbocycles. The van der Waals surface area contributed by atoms with Crippen LogP contribution in [0.1, 0.15) is 178 Å². The Morgan fingerprint density at radius 2 is 0.673 bits per heavy atom. The van der Waals surface area contributed by atoms with E-state index >= 15 is 0 Å². The Labute approximate surface area is 354 Å². The third-order valence-corrected chi connectivity index (χ3v) is 18.4. The molecule has 0 unspecified atom stereocenters. The summed E-state index contributed by atoms with van der Waals surface area (Å²) >= 11 is 7.85. The van der Waals surface area contributed by atoms with E-state index in [4.69, 9.17) is 0 Å². The van der Waals surface area contributed by atoms with Gasteiger partial charge in [0.15, 0.2) is 0 Å². The van der Waals surface area contributed by atoms with Crippen LogP contribution in [0.3, 0.4) is 0 Å². The first kappa shape index (κ1) is 42.7. The lowest BCUT2D eigenvalue weighted by Crippen LogP contribution is -2.53. The van der Waals surface area contributed by atoms with Crippen LogP contribution < -0.4 is 10.4 Å². The monoisotopic (exact) mass is 880 g/mol. The largest absolute Gasteiger partial charge is 0.112 e. The van der Waals surface area contributed by atoms with E-state index in [2.05, 4.69) is 145 Å². The Kier molecular flexibility index (Phi) is 14.9. The van der Waals surface area contributed by atoms with E-state index in [0.717, 1.165) is 0 Å². The van der Waals surface area contributed by atoms with Gasteiger partial charge < -0.3 is 0 Å². The van der Waals surface area contributed by atoms with Crippen molar-refractivity contribution in [2.75, 3.05) is 0 Å². The maximum Gasteiger partial charge on any atom is 0.112 e. The zero-order valence-corrected chi connectivity index (χ0v) is 39.5. The first-order chi connectivity index (χ1) is 26.7. The molecular weight excluding hydrogens is 812 g/mol. The van der Waals surface area contributed by atoms with E-state index in [9.17, 15) is 0 Å². The van der Waals surface area contributed by atoms with E-state index in [-0.39, 0.29) is 10.8 Å². The Bertz CT molecular complexity index is 1730. The minimum absolute atomic E-state index is 0.0928. The fraction of sp³-hybridized carbons (Fsp3) is 0.538. The molecule has 0 bridgehead atoms. The van der Waals surface area contributed by atoms with Gasteiger partial charge in [-0.15, -0.1) is 0 Å². The molecule has 296 valence electrons. The van der Waals surface area contributed by atoms with Gasteiger partial charge in [-0.25, -0.2) is 0 Å². The van der Waals surface area contributed by atoms with E-state index in [1.807, 2.05) is 0 Å². The van der Waals surface area contributed by atoms with Crippen molar-refractivity contribution >= 4 is 50.3 Å². The van der Waals surface area contributed by atoms with E-state index in [0.29, 0.717) is 0 Å². The molecule has 0 saturated carbocycles. The topological polar surface area (TPSA) is 0 Å². The van der Waals surface area contributed by atoms with Crippen molar-refractivity contribution in [2.24, 2.45) is 0 Å². The van der Waals surface area contributed by atoms with E-state index in [1.165, 1.54) is 160 Å². The highest BCUT2D eigenvalue weighted by Gasteiger charge is 2.45. The predicted molar refractivity (Wildman–Crippen MR) is 253 cm³/mol. The maximum absolute atomic E-state index is 3.92. The molecule has 55 heavy (non-hydrogen) atoms. The van der Waals surface area contributed by atoms with Crippen LogP contribution in [0.25, 0.3) is 22.3 Å². The highest BCUT2D eigenvalue weighted by atomic mass is 79.9. The molecule has 4 aromatic carbocycles. The molecule has 0 heterocycles. The van der Waals surface area contributed by atoms with Gasteiger partial charge in [-0.3, -0.25) is 0 Å². The number of rotatable bonds is 22. The Balaban J connectivity index is 1.45. The summed E-state index contributed by atoms with van der Waals surface area (Å²) < 4.78 is 2.44. The fourth-order valence-corrected chi connectivity index (χ4v) is 13.7. The average molecular weight is 883 g/mol. The summed E-state index contributed by atoms with van der Waals surface area (Å²) in [4.78, 5) is 0. The van der Waals surface area contributed by atoms with Gasteiger partial charge in [0, 0.05) is 19.8 Å². The smallest absolute Gasteiger partial charge is 0.0654 e. The van der Waals surface area contributed by atoms with Gasteiger partial charge in [0.1, 0.15) is 8.07 Å². The van der Waals surface area contributed by atoms with Crippen LogP contribution in [0, 0.1) is 0 Å². The quantitative estimate of drug-likeness (QED) is 0.0545. The van der Waals surface area contributed by atoms with Crippen molar-refractivity contribution in [1.29, 1.82) is 0 Å². The van der Waals surface area contributed by atoms with Crippen LogP contribution in [0.15, 0.2) is 81.7 Å². The molecule has 0 radical (unpaired) electrons. The number of fused-ring (bicyclic) bond motifs is 6. The highest BCUT2D eigenvalue weighted by molar-refractivity contribution is 9.10. The van der Waals surface area contributed by atoms with Crippen LogP contribution in [-0.2, 0) is 10.8 Å². The molecule has 0 aromatic heterocycles. The molecule has 6 rings (SSSR count). The van der Waals surface area contributed by atoms with Crippen LogP contribution in [-0.4, -0.2) is 8.07 Å². The van der Waals surface area contributed by atoms with Gasteiger partial charge in [-0.1, -0.05) is 234 Å². The third kappa shape index (κ3) is 8.76. The summed E-state index contributed by atoms with van der Waals surface area (Å²) in [7, 11) is -2.09. The molecule has 2 aliphatic rings. The van der Waals surface area contributed by atoms with Crippen molar-refractivity contribution in [3.63, 3.8) is 0 Å². The predicted octanol–water partition coefficient (Wildman–Crippen LogP) is 16.4. The number of unbranched alkanes of at least 4 members (excludes halogenated alkanes) is 12. The second kappa shape index (κ2) is 19.2. The number of halogens is 2. The van der Waals surface area contributed by atoms with Crippen molar-refractivity contribution in [1.82, 2.24) is 0 Å². The molecule has 0 amide bonds. The zero-order chi connectivity index (χ0) is 39.1. The number of hydrogen-bond donors (Lipinski definition) is 0. The highest BCUT2D eigenvalue weighted by Crippen LogP contribution is 2.56. The first-order valence-electron chi connectivity index (χ1n) is 22.6. The molecule has 0 fully saturated rings. The van der Waals surface area contributed by atoms with Gasteiger partial charge in [0.25, 0.3) is 0 Å². The van der Waals surface area contributed by atoms with Crippen LogP contribution in [0.4, 0.5) is 0 Å². The summed E-state index contributed by atoms with van der Waals surface area (Å²) in [5.41, 5.74) is 12.6. The van der Waals surface area contributed by atoms with Gasteiger partial charge >= 0.3 is 0 Å². The SMILES string of the molecule is CCCCCCC1(CCCCCC)c2cc(Br)ccc2-c2ccc([Si](C)(C)c3ccc4c(c3)C(CCCCCC)(CCCCCC)c3cc(Br)ccc3-4)cc21. The Hall–Kier alpha value is -1.94. The van der Waals surface area contributed by atoms with Crippen LogP contribution in [0.5, 0.6) is 0 Å². The Morgan fingerprint density at radius 3 is 0.982 bits per heavy atom. The zero-order valence-electron chi connectivity index (χ0n) is 35.3. The lowest BCUT2D eigenvalue weighted by Gasteiger charge is -2.35. The molecule has 0 spiro atoms. The molecular formula is C52H70Br2Si. The Morgan fingerprint density at radius 1 is 0.382 bits per heavy atom. The van der Waals surface area contributed by atoms with Crippen LogP contribution >= 0.6 is 31.9 Å². The average Bonchev–Trinajstić information content (AvgIpc) is 3.60. The van der Waals surface area contributed by atoms with Crippen molar-refractivity contribution in [3.05, 3.63) is 104 Å². The van der Waals surface area contributed by atoms with Gasteiger partial charge in [0.05, 0.1) is 0 Å². The van der Waals surface area contributed by atoms with Crippen molar-refractivity contribution in [3.8, 4) is 22.3 Å². The lowest BCUT2D eigenvalue weighted by atomic mass is 9.70. The fourth-order valence-electron chi connectivity index (χ4n) is 10.6. The minimum atomic E-state index is -2.09. The molecule has 4 aromatic rings. The van der Waals surface area contributed by atoms with Crippen molar-refractivity contribution < 1.29 is 0 Å². The maximum atomic E-state index is 3.92. The van der Waals surface area contributed by atoms with E-state index in [1.54, 1.807) is 32.6 Å². The summed E-state index contributed by atoms with van der Waals surface area (Å²) in [6.07, 6.45) is 26.1. The van der Waals surface area contributed by atoms with Gasteiger partial charge in [-0.05, 0) is 94.5 Å². The van der Waals surface area contributed by atoms with Crippen LogP contribution in [0.2, 0.25) is 13.1 Å². The summed E-state index contributed by atoms with van der Waals surface area (Å²) in [5.74, 6) is 0. The van der Waals surface area contributed by atoms with Crippen molar-refractivity contribution in [2.45, 2.75) is 180 Å². The molecule has 3 heteroatoms. The standard InChI is InChI=1S/C52H70Br2Si/c1-7-11-15-19-31-51(32-20-16-12-8-2)47-35-39(53)23-27-43(47)45-29-25-41(37-49(45)51)55(5,6)42-26-30-46-44-28-24-40(54)36-48(44)52(50(46)38-42,33-21-17-13-9-3)34-22-18-14-10-4/h23-30,35-38H,7-22,31-34H2,1-6H3. The molecule has 0 nitrogen and oxygen atoms in total. The second-order valence-corrected chi connectivity index (χ2v) is 24.2. The lowest BCUT2D eigenvalue weighted by molar-refractivity contribution is 0.401. The molecule has 0 saturated heterocycles. The van der Waals surface area contributed by atoms with E-state index < -0.39 is 8.07 Å². The van der Waals surface area contributed by atoms with Gasteiger partial charge in [0.2, 0.25) is 0 Å². The normalized spacial score (nSPS) is 14.8. The summed E-state index contributed by atoms with van der Waals surface area (Å²) in [6.45, 7) is 14.7. The third-order valence-electron chi connectivity index (χ3n) is 13.9. The molecule has 0 aliphatic heterocycles. The number of benzene rings is 4. The summed E-state index contributed by atoms with van der Waals surface area (Å²) in [5, 5.41) is 3.19. The number of hydrogen-bond acceptors (Lipinski definition) is 0.